The van der Waals surface area contributed by atoms with Gasteiger partial charge in [-0.3, -0.25) is 4.90 Å². The van der Waals surface area contributed by atoms with Crippen LogP contribution >= 0.6 is 0 Å². The molecule has 0 aromatic heterocycles. The molecular formula is C12H17NO. The third-order valence-corrected chi connectivity index (χ3v) is 4.09. The fraction of sp³-hybridized carbons (Fsp3) is 0.667. The highest BCUT2D eigenvalue weighted by molar-refractivity contribution is 5.17. The van der Waals surface area contributed by atoms with Crippen molar-refractivity contribution < 1.29 is 5.11 Å². The molecule has 2 atom stereocenters. The van der Waals surface area contributed by atoms with Crippen LogP contribution in [0.2, 0.25) is 0 Å². The lowest BCUT2D eigenvalue weighted by Crippen LogP contribution is -2.68. The molecule has 76 valence electrons. The molecule has 1 heterocycles. The Morgan fingerprint density at radius 3 is 2.64 bits per heavy atom. The molecule has 2 nitrogen and oxygen atoms in total. The summed E-state index contributed by atoms with van der Waals surface area (Å²) in [4.78, 5) is 2.49. The zero-order valence-electron chi connectivity index (χ0n) is 8.39. The van der Waals surface area contributed by atoms with Gasteiger partial charge in [0.15, 0.2) is 0 Å². The Morgan fingerprint density at radius 1 is 1.29 bits per heavy atom. The molecule has 0 radical (unpaired) electrons. The molecule has 2 heteroatoms. The summed E-state index contributed by atoms with van der Waals surface area (Å²) in [5.74, 6) is 0. The van der Waals surface area contributed by atoms with Gasteiger partial charge in [-0.2, -0.15) is 0 Å². The average molecular weight is 191 g/mol. The standard InChI is InChI=1S/C12H17NO/c14-11-6-7-12(11)8-13(9-12)10-4-2-1-3-5-10/h1-4,10-11,14H,5-9H2/t10-,11+/m1/s1. The number of rotatable bonds is 1. The van der Waals surface area contributed by atoms with Crippen molar-refractivity contribution in [3.05, 3.63) is 24.3 Å². The number of nitrogens with zero attached hydrogens (tertiary/aromatic N) is 1. The first-order valence-electron chi connectivity index (χ1n) is 5.56. The average Bonchev–Trinajstić information content (AvgIpc) is 2.15. The molecule has 1 saturated carbocycles. The van der Waals surface area contributed by atoms with Gasteiger partial charge in [0.2, 0.25) is 0 Å². The molecule has 0 aromatic carbocycles. The Hall–Kier alpha value is -0.600. The Balaban J connectivity index is 1.59. The van der Waals surface area contributed by atoms with E-state index in [2.05, 4.69) is 29.2 Å². The van der Waals surface area contributed by atoms with Gasteiger partial charge in [-0.15, -0.1) is 0 Å². The second-order valence-electron chi connectivity index (χ2n) is 4.94. The maximum absolute atomic E-state index is 9.68. The molecule has 0 aromatic rings. The van der Waals surface area contributed by atoms with Crippen molar-refractivity contribution in [2.45, 2.75) is 31.4 Å². The fourth-order valence-electron chi connectivity index (χ4n) is 2.89. The molecule has 0 bridgehead atoms. The van der Waals surface area contributed by atoms with Crippen LogP contribution in [0.15, 0.2) is 24.3 Å². The number of likely N-dealkylation sites (tertiary alicyclic amines) is 1. The normalized spacial score (nSPS) is 39.5. The van der Waals surface area contributed by atoms with Crippen molar-refractivity contribution >= 4 is 0 Å². The minimum atomic E-state index is -0.0122. The van der Waals surface area contributed by atoms with Gasteiger partial charge in [0.05, 0.1) is 6.10 Å². The van der Waals surface area contributed by atoms with E-state index in [1.807, 2.05) is 0 Å². The van der Waals surface area contributed by atoms with E-state index in [9.17, 15) is 5.11 Å². The first-order valence-corrected chi connectivity index (χ1v) is 5.56. The quantitative estimate of drug-likeness (QED) is 0.676. The predicted molar refractivity (Wildman–Crippen MR) is 55.9 cm³/mol. The van der Waals surface area contributed by atoms with Crippen molar-refractivity contribution in [2.75, 3.05) is 13.1 Å². The van der Waals surface area contributed by atoms with E-state index < -0.39 is 0 Å². The molecule has 1 spiro atoms. The van der Waals surface area contributed by atoms with Gasteiger partial charge in [0.1, 0.15) is 0 Å². The Labute approximate surface area is 84.9 Å². The molecule has 1 aliphatic heterocycles. The minimum Gasteiger partial charge on any atom is -0.392 e. The maximum atomic E-state index is 9.68. The largest absolute Gasteiger partial charge is 0.392 e. The molecular weight excluding hydrogens is 174 g/mol. The topological polar surface area (TPSA) is 23.5 Å². The second-order valence-corrected chi connectivity index (χ2v) is 4.94. The number of allylic oxidation sites excluding steroid dienone is 2. The monoisotopic (exact) mass is 191 g/mol. The Bertz CT molecular complexity index is 289. The van der Waals surface area contributed by atoms with E-state index in [0.29, 0.717) is 11.5 Å². The van der Waals surface area contributed by atoms with E-state index in [0.717, 1.165) is 25.9 Å². The first kappa shape index (κ1) is 8.69. The highest BCUT2D eigenvalue weighted by atomic mass is 16.3. The van der Waals surface area contributed by atoms with Crippen LogP contribution in [0.4, 0.5) is 0 Å². The van der Waals surface area contributed by atoms with E-state index in [1.54, 1.807) is 0 Å². The van der Waals surface area contributed by atoms with Crippen LogP contribution in [0.3, 0.4) is 0 Å². The summed E-state index contributed by atoms with van der Waals surface area (Å²) in [5.41, 5.74) is 0.301. The van der Waals surface area contributed by atoms with E-state index in [-0.39, 0.29) is 6.10 Å². The molecule has 2 fully saturated rings. The summed E-state index contributed by atoms with van der Waals surface area (Å²) in [6, 6.07) is 0.596. The van der Waals surface area contributed by atoms with Gasteiger partial charge >= 0.3 is 0 Å². The third-order valence-electron chi connectivity index (χ3n) is 4.09. The first-order chi connectivity index (χ1) is 6.80. The van der Waals surface area contributed by atoms with Crippen molar-refractivity contribution in [1.29, 1.82) is 0 Å². The molecule has 3 aliphatic rings. The van der Waals surface area contributed by atoms with Crippen LogP contribution in [-0.4, -0.2) is 35.2 Å². The lowest BCUT2D eigenvalue weighted by molar-refractivity contribution is -0.164. The van der Waals surface area contributed by atoms with Gasteiger partial charge in [-0.05, 0) is 19.3 Å². The molecule has 2 aliphatic carbocycles. The maximum Gasteiger partial charge on any atom is 0.0621 e. The summed E-state index contributed by atoms with van der Waals surface area (Å²) >= 11 is 0. The van der Waals surface area contributed by atoms with Crippen molar-refractivity contribution in [1.82, 2.24) is 4.90 Å². The molecule has 1 N–H and O–H groups in total. The SMILES string of the molecule is O[C@H]1CCC12CN([C@@H]1C=CC=CC1)C2. The lowest BCUT2D eigenvalue weighted by Gasteiger charge is -2.60. The van der Waals surface area contributed by atoms with Gasteiger partial charge in [0, 0.05) is 24.5 Å². The summed E-state index contributed by atoms with van der Waals surface area (Å²) in [5, 5.41) is 9.68. The second kappa shape index (κ2) is 2.94. The van der Waals surface area contributed by atoms with E-state index in [4.69, 9.17) is 0 Å². The predicted octanol–water partition coefficient (Wildman–Crippen LogP) is 1.33. The number of hydrogen-bond donors (Lipinski definition) is 1. The van der Waals surface area contributed by atoms with Crippen LogP contribution in [-0.2, 0) is 0 Å². The summed E-state index contributed by atoms with van der Waals surface area (Å²) in [6.07, 6.45) is 12.1. The van der Waals surface area contributed by atoms with Crippen LogP contribution < -0.4 is 0 Å². The third kappa shape index (κ3) is 1.11. The number of aliphatic hydroxyl groups is 1. The van der Waals surface area contributed by atoms with Crippen molar-refractivity contribution in [3.8, 4) is 0 Å². The summed E-state index contributed by atoms with van der Waals surface area (Å²) in [7, 11) is 0. The highest BCUT2D eigenvalue weighted by Gasteiger charge is 2.54. The van der Waals surface area contributed by atoms with Crippen LogP contribution in [0.1, 0.15) is 19.3 Å². The number of aliphatic hydroxyl groups excluding tert-OH is 1. The zero-order valence-corrected chi connectivity index (χ0v) is 8.39. The Kier molecular flexibility index (Phi) is 1.83. The van der Waals surface area contributed by atoms with Gasteiger partial charge in [-0.25, -0.2) is 0 Å². The smallest absolute Gasteiger partial charge is 0.0621 e. The molecule has 0 amide bonds. The Morgan fingerprint density at radius 2 is 2.14 bits per heavy atom. The summed E-state index contributed by atoms with van der Waals surface area (Å²) < 4.78 is 0. The summed E-state index contributed by atoms with van der Waals surface area (Å²) in [6.45, 7) is 2.22. The van der Waals surface area contributed by atoms with Crippen LogP contribution in [0, 0.1) is 5.41 Å². The van der Waals surface area contributed by atoms with Crippen LogP contribution in [0.25, 0.3) is 0 Å². The van der Waals surface area contributed by atoms with Crippen molar-refractivity contribution in [3.63, 3.8) is 0 Å². The van der Waals surface area contributed by atoms with E-state index in [1.165, 1.54) is 6.42 Å². The fourth-order valence-corrected chi connectivity index (χ4v) is 2.89. The van der Waals surface area contributed by atoms with Crippen molar-refractivity contribution in [2.24, 2.45) is 5.41 Å². The molecule has 1 saturated heterocycles. The van der Waals surface area contributed by atoms with Gasteiger partial charge in [0.25, 0.3) is 0 Å². The van der Waals surface area contributed by atoms with Crippen LogP contribution in [0.5, 0.6) is 0 Å². The number of hydrogen-bond acceptors (Lipinski definition) is 2. The zero-order chi connectivity index (χ0) is 9.60. The minimum absolute atomic E-state index is 0.0122. The highest BCUT2D eigenvalue weighted by Crippen LogP contribution is 2.49. The van der Waals surface area contributed by atoms with Gasteiger partial charge in [-0.1, -0.05) is 24.3 Å². The van der Waals surface area contributed by atoms with Gasteiger partial charge < -0.3 is 5.11 Å². The lowest BCUT2D eigenvalue weighted by atomic mass is 9.60. The molecule has 0 unspecified atom stereocenters. The molecule has 3 rings (SSSR count). The van der Waals surface area contributed by atoms with E-state index >= 15 is 0 Å². The molecule has 14 heavy (non-hydrogen) atoms.